The van der Waals surface area contributed by atoms with E-state index >= 15 is 0 Å². The summed E-state index contributed by atoms with van der Waals surface area (Å²) in [4.78, 5) is -0.117. The lowest BCUT2D eigenvalue weighted by atomic mass is 10.0. The molecule has 0 aliphatic carbocycles. The van der Waals surface area contributed by atoms with Crippen molar-refractivity contribution in [2.75, 3.05) is 5.75 Å². The first-order chi connectivity index (χ1) is 13.1. The van der Waals surface area contributed by atoms with E-state index in [9.17, 15) is 39.5 Å². The monoisotopic (exact) mass is 447 g/mol. The highest BCUT2D eigenvalue weighted by Gasteiger charge is 2.58. The first-order valence-electron chi connectivity index (χ1n) is 7.55. The molecule has 0 fully saturated rings. The van der Waals surface area contributed by atoms with E-state index in [-0.39, 0.29) is 33.5 Å². The lowest BCUT2D eigenvalue weighted by Gasteiger charge is -2.20. The standard InChI is InChI=1S/C16H10F9N3S/c1-28-11(5-10(27-28)13(15(20,21)22)16(23,24)25)8-2-3-9(6-26)12(4-8)29-7-14(17,18)19/h2-5,13H,7H2,1H3. The number of thioether (sulfide) groups is 1. The van der Waals surface area contributed by atoms with Crippen molar-refractivity contribution in [1.82, 2.24) is 9.78 Å². The molecule has 3 nitrogen and oxygen atoms in total. The lowest BCUT2D eigenvalue weighted by molar-refractivity contribution is -0.254. The Hall–Kier alpha value is -2.36. The molecule has 1 aromatic heterocycles. The van der Waals surface area contributed by atoms with Gasteiger partial charge >= 0.3 is 18.5 Å². The molecular weight excluding hydrogens is 437 g/mol. The van der Waals surface area contributed by atoms with Crippen molar-refractivity contribution in [3.05, 3.63) is 35.5 Å². The summed E-state index contributed by atoms with van der Waals surface area (Å²) in [5.74, 6) is -5.14. The molecule has 0 bridgehead atoms. The maximum absolute atomic E-state index is 12.9. The molecule has 29 heavy (non-hydrogen) atoms. The fourth-order valence-electron chi connectivity index (χ4n) is 2.47. The van der Waals surface area contributed by atoms with Gasteiger partial charge < -0.3 is 0 Å². The zero-order chi connectivity index (χ0) is 22.2. The highest BCUT2D eigenvalue weighted by Crippen LogP contribution is 2.46. The Labute approximate surface area is 162 Å². The van der Waals surface area contributed by atoms with Crippen molar-refractivity contribution in [3.63, 3.8) is 0 Å². The molecule has 0 saturated carbocycles. The van der Waals surface area contributed by atoms with Gasteiger partial charge in [-0.15, -0.1) is 11.8 Å². The fourth-order valence-corrected chi connectivity index (χ4v) is 3.27. The number of hydrogen-bond donors (Lipinski definition) is 0. The predicted octanol–water partition coefficient (Wildman–Crippen LogP) is 5.82. The molecular formula is C16H10F9N3S. The summed E-state index contributed by atoms with van der Waals surface area (Å²) < 4.78 is 116. The maximum atomic E-state index is 12.9. The van der Waals surface area contributed by atoms with Crippen LogP contribution in [0, 0.1) is 11.3 Å². The van der Waals surface area contributed by atoms with Crippen LogP contribution in [0.5, 0.6) is 0 Å². The van der Waals surface area contributed by atoms with Crippen LogP contribution in [0.1, 0.15) is 17.2 Å². The highest BCUT2D eigenvalue weighted by molar-refractivity contribution is 7.99. The number of alkyl halides is 9. The molecule has 0 saturated heterocycles. The summed E-state index contributed by atoms with van der Waals surface area (Å²) in [6.07, 6.45) is -15.8. The molecule has 2 rings (SSSR count). The Morgan fingerprint density at radius 3 is 2.10 bits per heavy atom. The van der Waals surface area contributed by atoms with E-state index in [1.54, 1.807) is 6.07 Å². The Bertz CT molecular complexity index is 906. The largest absolute Gasteiger partial charge is 0.406 e. The van der Waals surface area contributed by atoms with Crippen LogP contribution in [0.15, 0.2) is 29.2 Å². The third kappa shape index (κ3) is 5.59. The molecule has 13 heteroatoms. The Kier molecular flexibility index (Phi) is 6.18. The molecule has 0 amide bonds. The molecule has 0 aliphatic rings. The van der Waals surface area contributed by atoms with Crippen molar-refractivity contribution in [2.45, 2.75) is 29.3 Å². The van der Waals surface area contributed by atoms with E-state index in [2.05, 4.69) is 5.10 Å². The zero-order valence-electron chi connectivity index (χ0n) is 14.2. The number of benzene rings is 1. The minimum atomic E-state index is -5.64. The molecule has 0 spiro atoms. The number of hydrogen-bond acceptors (Lipinski definition) is 3. The maximum Gasteiger partial charge on any atom is 0.406 e. The van der Waals surface area contributed by atoms with Gasteiger partial charge in [0.25, 0.3) is 0 Å². The average Bonchev–Trinajstić information content (AvgIpc) is 2.89. The number of nitriles is 1. The van der Waals surface area contributed by atoms with Crippen LogP contribution in [0.3, 0.4) is 0 Å². The van der Waals surface area contributed by atoms with E-state index in [0.717, 1.165) is 23.9 Å². The molecule has 0 unspecified atom stereocenters. The van der Waals surface area contributed by atoms with Gasteiger partial charge in [0, 0.05) is 17.5 Å². The van der Waals surface area contributed by atoms with Crippen LogP contribution >= 0.6 is 11.8 Å². The third-order valence-electron chi connectivity index (χ3n) is 3.64. The molecule has 0 atom stereocenters. The summed E-state index contributed by atoms with van der Waals surface area (Å²) in [6, 6.07) is 5.68. The quantitative estimate of drug-likeness (QED) is 0.438. The van der Waals surface area contributed by atoms with Crippen molar-refractivity contribution < 1.29 is 39.5 Å². The average molecular weight is 447 g/mol. The predicted molar refractivity (Wildman–Crippen MR) is 85.0 cm³/mol. The first kappa shape index (κ1) is 22.9. The molecule has 2 aromatic rings. The SMILES string of the molecule is Cn1nc(C(C(F)(F)F)C(F)(F)F)cc1-c1ccc(C#N)c(SCC(F)(F)F)c1. The van der Waals surface area contributed by atoms with Gasteiger partial charge in [0.15, 0.2) is 5.92 Å². The van der Waals surface area contributed by atoms with Crippen LogP contribution in [0.2, 0.25) is 0 Å². The Balaban J connectivity index is 2.50. The van der Waals surface area contributed by atoms with Crippen LogP contribution in [-0.2, 0) is 7.05 Å². The van der Waals surface area contributed by atoms with Gasteiger partial charge in [0.1, 0.15) is 6.07 Å². The molecule has 0 aliphatic heterocycles. The highest BCUT2D eigenvalue weighted by atomic mass is 32.2. The number of halogens is 9. The molecule has 0 radical (unpaired) electrons. The van der Waals surface area contributed by atoms with E-state index in [0.29, 0.717) is 6.07 Å². The van der Waals surface area contributed by atoms with Gasteiger partial charge in [-0.05, 0) is 18.2 Å². The van der Waals surface area contributed by atoms with Crippen molar-refractivity contribution in [3.8, 4) is 17.3 Å². The van der Waals surface area contributed by atoms with Crippen LogP contribution < -0.4 is 0 Å². The zero-order valence-corrected chi connectivity index (χ0v) is 15.1. The van der Waals surface area contributed by atoms with Crippen molar-refractivity contribution >= 4 is 11.8 Å². The minimum Gasteiger partial charge on any atom is -0.268 e. The van der Waals surface area contributed by atoms with E-state index < -0.39 is 35.9 Å². The summed E-state index contributed by atoms with van der Waals surface area (Å²) in [5.41, 5.74) is -1.58. The Morgan fingerprint density at radius 1 is 1.03 bits per heavy atom. The Morgan fingerprint density at radius 2 is 1.62 bits per heavy atom. The molecule has 158 valence electrons. The summed E-state index contributed by atoms with van der Waals surface area (Å²) in [6.45, 7) is 0. The topological polar surface area (TPSA) is 41.6 Å². The van der Waals surface area contributed by atoms with Crippen molar-refractivity contribution in [2.24, 2.45) is 7.05 Å². The van der Waals surface area contributed by atoms with E-state index in [4.69, 9.17) is 5.26 Å². The van der Waals surface area contributed by atoms with E-state index in [1.165, 1.54) is 6.07 Å². The van der Waals surface area contributed by atoms with Gasteiger partial charge in [-0.25, -0.2) is 0 Å². The van der Waals surface area contributed by atoms with Gasteiger partial charge in [0.2, 0.25) is 0 Å². The summed E-state index contributed by atoms with van der Waals surface area (Å²) >= 11 is 0.278. The number of nitrogens with zero attached hydrogens (tertiary/aromatic N) is 3. The van der Waals surface area contributed by atoms with Crippen LogP contribution in [0.25, 0.3) is 11.3 Å². The summed E-state index contributed by atoms with van der Waals surface area (Å²) in [5, 5.41) is 12.3. The van der Waals surface area contributed by atoms with Gasteiger partial charge in [-0.3, -0.25) is 4.68 Å². The number of aromatic nitrogens is 2. The molecule has 1 aromatic carbocycles. The van der Waals surface area contributed by atoms with Gasteiger partial charge in [0.05, 0.1) is 22.7 Å². The molecule has 0 N–H and O–H groups in total. The van der Waals surface area contributed by atoms with Crippen LogP contribution in [0.4, 0.5) is 39.5 Å². The second kappa shape index (κ2) is 7.81. The third-order valence-corrected chi connectivity index (χ3v) is 4.76. The molecule has 1 heterocycles. The lowest BCUT2D eigenvalue weighted by Crippen LogP contribution is -2.34. The first-order valence-corrected chi connectivity index (χ1v) is 8.53. The minimum absolute atomic E-state index is 0.0121. The second-order valence-corrected chi connectivity index (χ2v) is 6.84. The number of rotatable bonds is 4. The van der Waals surface area contributed by atoms with E-state index in [1.807, 2.05) is 0 Å². The van der Waals surface area contributed by atoms with Crippen LogP contribution in [-0.4, -0.2) is 34.1 Å². The number of aryl methyl sites for hydroxylation is 1. The second-order valence-electron chi connectivity index (χ2n) is 5.82. The summed E-state index contributed by atoms with van der Waals surface area (Å²) in [7, 11) is 1.10. The smallest absolute Gasteiger partial charge is 0.268 e. The van der Waals surface area contributed by atoms with Crippen molar-refractivity contribution in [1.29, 1.82) is 5.26 Å². The fraction of sp³-hybridized carbons (Fsp3) is 0.375. The van der Waals surface area contributed by atoms with Gasteiger partial charge in [-0.2, -0.15) is 49.9 Å². The van der Waals surface area contributed by atoms with Gasteiger partial charge in [-0.1, -0.05) is 6.07 Å². The normalized spacial score (nSPS) is 13.0.